The molecule has 110 valence electrons. The molecule has 0 radical (unpaired) electrons. The van der Waals surface area contributed by atoms with Crippen LogP contribution in [0, 0.1) is 0 Å². The van der Waals surface area contributed by atoms with Crippen LogP contribution < -0.4 is 9.64 Å². The van der Waals surface area contributed by atoms with Crippen molar-refractivity contribution in [2.75, 3.05) is 38.2 Å². The zero-order valence-electron chi connectivity index (χ0n) is 12.3. The fourth-order valence-electron chi connectivity index (χ4n) is 2.58. The molecule has 1 aliphatic rings. The van der Waals surface area contributed by atoms with Gasteiger partial charge in [0.1, 0.15) is 11.6 Å². The van der Waals surface area contributed by atoms with Gasteiger partial charge in [0.15, 0.2) is 0 Å². The molecule has 3 rings (SSSR count). The van der Waals surface area contributed by atoms with E-state index >= 15 is 0 Å². The first-order valence-corrected chi connectivity index (χ1v) is 7.21. The van der Waals surface area contributed by atoms with Crippen molar-refractivity contribution < 1.29 is 4.74 Å². The van der Waals surface area contributed by atoms with Crippen molar-refractivity contribution >= 4 is 5.82 Å². The summed E-state index contributed by atoms with van der Waals surface area (Å²) in [5.41, 5.74) is 1.32. The summed E-state index contributed by atoms with van der Waals surface area (Å²) in [5.74, 6) is 1.88. The Morgan fingerprint density at radius 1 is 1.05 bits per heavy atom. The largest absolute Gasteiger partial charge is 0.497 e. The molecule has 1 aromatic heterocycles. The first-order valence-electron chi connectivity index (χ1n) is 7.21. The van der Waals surface area contributed by atoms with Crippen LogP contribution in [-0.4, -0.2) is 48.2 Å². The Kier molecular flexibility index (Phi) is 4.31. The predicted molar refractivity (Wildman–Crippen MR) is 82.5 cm³/mol. The molecule has 1 aromatic carbocycles. The molecule has 1 aliphatic heterocycles. The zero-order valence-corrected chi connectivity index (χ0v) is 12.3. The van der Waals surface area contributed by atoms with Crippen molar-refractivity contribution in [2.45, 2.75) is 6.54 Å². The summed E-state index contributed by atoms with van der Waals surface area (Å²) in [6.45, 7) is 5.06. The number of rotatable bonds is 4. The van der Waals surface area contributed by atoms with Gasteiger partial charge in [0, 0.05) is 45.1 Å². The maximum atomic E-state index is 5.19. The summed E-state index contributed by atoms with van der Waals surface area (Å²) in [7, 11) is 1.70. The summed E-state index contributed by atoms with van der Waals surface area (Å²) < 4.78 is 5.19. The van der Waals surface area contributed by atoms with Gasteiger partial charge in [0.05, 0.1) is 13.3 Å². The summed E-state index contributed by atoms with van der Waals surface area (Å²) in [5, 5.41) is 0. The molecular weight excluding hydrogens is 264 g/mol. The third kappa shape index (κ3) is 3.49. The minimum Gasteiger partial charge on any atom is -0.497 e. The molecule has 0 bridgehead atoms. The van der Waals surface area contributed by atoms with Gasteiger partial charge in [-0.1, -0.05) is 12.1 Å². The molecule has 2 heterocycles. The molecule has 0 N–H and O–H groups in total. The fourth-order valence-corrected chi connectivity index (χ4v) is 2.58. The van der Waals surface area contributed by atoms with Crippen molar-refractivity contribution in [3.63, 3.8) is 0 Å². The average Bonchev–Trinajstić information content (AvgIpc) is 2.57. The lowest BCUT2D eigenvalue weighted by molar-refractivity contribution is 0.249. The highest BCUT2D eigenvalue weighted by Gasteiger charge is 2.18. The summed E-state index contributed by atoms with van der Waals surface area (Å²) in [4.78, 5) is 13.3. The minimum absolute atomic E-state index is 0.909. The molecule has 21 heavy (non-hydrogen) atoms. The lowest BCUT2D eigenvalue weighted by Gasteiger charge is -2.35. The van der Waals surface area contributed by atoms with E-state index in [0.29, 0.717) is 0 Å². The number of nitrogens with zero attached hydrogens (tertiary/aromatic N) is 4. The van der Waals surface area contributed by atoms with Gasteiger partial charge < -0.3 is 9.64 Å². The second kappa shape index (κ2) is 6.54. The minimum atomic E-state index is 0.909. The molecular formula is C16H20N4O. The van der Waals surface area contributed by atoms with Gasteiger partial charge in [-0.15, -0.1) is 0 Å². The van der Waals surface area contributed by atoms with Gasteiger partial charge >= 0.3 is 0 Å². The van der Waals surface area contributed by atoms with Gasteiger partial charge in [-0.05, 0) is 17.7 Å². The highest BCUT2D eigenvalue weighted by molar-refractivity contribution is 5.35. The van der Waals surface area contributed by atoms with Crippen LogP contribution in [0.1, 0.15) is 5.56 Å². The highest BCUT2D eigenvalue weighted by Crippen LogP contribution is 2.16. The lowest BCUT2D eigenvalue weighted by Crippen LogP contribution is -2.46. The smallest absolute Gasteiger partial charge is 0.147 e. The molecule has 0 spiro atoms. The molecule has 1 saturated heterocycles. The van der Waals surface area contributed by atoms with Crippen LogP contribution in [0.5, 0.6) is 5.75 Å². The number of hydrogen-bond acceptors (Lipinski definition) is 5. The number of piperazine rings is 1. The Morgan fingerprint density at radius 2 is 1.81 bits per heavy atom. The maximum Gasteiger partial charge on any atom is 0.147 e. The fraction of sp³-hybridized carbons (Fsp3) is 0.375. The summed E-state index contributed by atoms with van der Waals surface area (Å²) in [6.07, 6.45) is 5.29. The molecule has 2 aromatic rings. The second-order valence-corrected chi connectivity index (χ2v) is 5.17. The number of methoxy groups -OCH3 is 1. The molecule has 1 fully saturated rings. The van der Waals surface area contributed by atoms with Crippen molar-refractivity contribution in [3.05, 3.63) is 48.4 Å². The van der Waals surface area contributed by atoms with E-state index in [4.69, 9.17) is 4.74 Å². The molecule has 0 saturated carbocycles. The zero-order chi connectivity index (χ0) is 14.5. The number of anilines is 1. The van der Waals surface area contributed by atoms with Crippen molar-refractivity contribution in [2.24, 2.45) is 0 Å². The van der Waals surface area contributed by atoms with E-state index in [1.54, 1.807) is 19.5 Å². The normalized spacial score (nSPS) is 16.0. The molecule has 0 atom stereocenters. The number of aromatic nitrogens is 2. The lowest BCUT2D eigenvalue weighted by atomic mass is 10.2. The standard InChI is InChI=1S/C16H20N4O/c1-21-15-4-2-14(3-5-15)13-19-8-10-20(11-9-19)16-12-17-6-7-18-16/h2-7,12H,8-11,13H2,1H3. The average molecular weight is 284 g/mol. The topological polar surface area (TPSA) is 41.5 Å². The monoisotopic (exact) mass is 284 g/mol. The van der Waals surface area contributed by atoms with Crippen molar-refractivity contribution in [1.29, 1.82) is 0 Å². The number of ether oxygens (including phenoxy) is 1. The Balaban J connectivity index is 1.53. The SMILES string of the molecule is COc1ccc(CN2CCN(c3cnccn3)CC2)cc1. The van der Waals surface area contributed by atoms with Gasteiger partial charge in [0.25, 0.3) is 0 Å². The van der Waals surface area contributed by atoms with E-state index in [0.717, 1.165) is 44.3 Å². The Labute approximate surface area is 125 Å². The first kappa shape index (κ1) is 13.8. The van der Waals surface area contributed by atoms with Gasteiger partial charge in [-0.3, -0.25) is 9.88 Å². The predicted octanol–water partition coefficient (Wildman–Crippen LogP) is 1.81. The first-order chi connectivity index (χ1) is 10.3. The van der Waals surface area contributed by atoms with Crippen LogP contribution >= 0.6 is 0 Å². The Bertz CT molecular complexity index is 550. The highest BCUT2D eigenvalue weighted by atomic mass is 16.5. The van der Waals surface area contributed by atoms with Gasteiger partial charge in [-0.2, -0.15) is 0 Å². The van der Waals surface area contributed by atoms with Crippen LogP contribution in [0.25, 0.3) is 0 Å². The van der Waals surface area contributed by atoms with Gasteiger partial charge in [-0.25, -0.2) is 4.98 Å². The van der Waals surface area contributed by atoms with E-state index in [1.807, 2.05) is 18.3 Å². The second-order valence-electron chi connectivity index (χ2n) is 5.17. The number of benzene rings is 1. The molecule has 0 amide bonds. The maximum absolute atomic E-state index is 5.19. The van der Waals surface area contributed by atoms with Gasteiger partial charge in [0.2, 0.25) is 0 Å². The van der Waals surface area contributed by atoms with E-state index in [1.165, 1.54) is 5.56 Å². The van der Waals surface area contributed by atoms with Crippen LogP contribution in [0.3, 0.4) is 0 Å². The third-order valence-corrected chi connectivity index (χ3v) is 3.81. The Morgan fingerprint density at radius 3 is 2.43 bits per heavy atom. The molecule has 0 aliphatic carbocycles. The molecule has 0 unspecified atom stereocenters. The van der Waals surface area contributed by atoms with E-state index in [-0.39, 0.29) is 0 Å². The number of hydrogen-bond donors (Lipinski definition) is 0. The third-order valence-electron chi connectivity index (χ3n) is 3.81. The van der Waals surface area contributed by atoms with E-state index < -0.39 is 0 Å². The van der Waals surface area contributed by atoms with Crippen LogP contribution in [0.4, 0.5) is 5.82 Å². The summed E-state index contributed by atoms with van der Waals surface area (Å²) in [6, 6.07) is 8.30. The Hall–Kier alpha value is -2.14. The van der Waals surface area contributed by atoms with Crippen LogP contribution in [0.2, 0.25) is 0 Å². The van der Waals surface area contributed by atoms with Crippen LogP contribution in [0.15, 0.2) is 42.9 Å². The van der Waals surface area contributed by atoms with Crippen molar-refractivity contribution in [3.8, 4) is 5.75 Å². The van der Waals surface area contributed by atoms with Crippen molar-refractivity contribution in [1.82, 2.24) is 14.9 Å². The molecule has 5 heteroatoms. The molecule has 5 nitrogen and oxygen atoms in total. The van der Waals surface area contributed by atoms with E-state index in [9.17, 15) is 0 Å². The van der Waals surface area contributed by atoms with Crippen LogP contribution in [-0.2, 0) is 6.54 Å². The quantitative estimate of drug-likeness (QED) is 0.856. The van der Waals surface area contributed by atoms with E-state index in [2.05, 4.69) is 31.9 Å². The summed E-state index contributed by atoms with van der Waals surface area (Å²) >= 11 is 0.